The van der Waals surface area contributed by atoms with E-state index in [1.54, 1.807) is 30.3 Å². The highest BCUT2D eigenvalue weighted by molar-refractivity contribution is 7.89. The Bertz CT molecular complexity index is 717. The van der Waals surface area contributed by atoms with E-state index in [1.165, 1.54) is 25.2 Å². The van der Waals surface area contributed by atoms with Gasteiger partial charge in [0, 0.05) is 24.8 Å². The summed E-state index contributed by atoms with van der Waals surface area (Å²) in [5, 5.41) is 0. The lowest BCUT2D eigenvalue weighted by Gasteiger charge is -2.17. The topological polar surface area (TPSA) is 63.4 Å². The van der Waals surface area contributed by atoms with Gasteiger partial charge in [-0.2, -0.15) is 4.31 Å². The smallest absolute Gasteiger partial charge is 0.243 e. The summed E-state index contributed by atoms with van der Waals surface area (Å²) in [5.41, 5.74) is 6.28. The molecule has 0 aliphatic carbocycles. The molecule has 0 aliphatic heterocycles. The van der Waals surface area contributed by atoms with Crippen LogP contribution < -0.4 is 5.73 Å². The summed E-state index contributed by atoms with van der Waals surface area (Å²) in [6.45, 7) is -0.0379. The second kappa shape index (κ2) is 5.60. The molecule has 4 nitrogen and oxygen atoms in total. The maximum atomic E-state index is 13.6. The number of nitrogen functional groups attached to an aromatic ring is 1. The molecule has 2 rings (SSSR count). The molecule has 2 N–H and O–H groups in total. The molecular weight excluding hydrogens is 279 g/mol. The average Bonchev–Trinajstić information content (AvgIpc) is 2.41. The fraction of sp³-hybridized carbons (Fsp3) is 0.143. The quantitative estimate of drug-likeness (QED) is 0.880. The van der Waals surface area contributed by atoms with Gasteiger partial charge in [0.15, 0.2) is 0 Å². The van der Waals surface area contributed by atoms with Crippen LogP contribution in [-0.2, 0) is 16.6 Å². The van der Waals surface area contributed by atoms with Crippen molar-refractivity contribution in [3.05, 3.63) is 59.9 Å². The van der Waals surface area contributed by atoms with Crippen LogP contribution in [0.2, 0.25) is 0 Å². The van der Waals surface area contributed by atoms with E-state index in [0.29, 0.717) is 11.3 Å². The Morgan fingerprint density at radius 1 is 1.15 bits per heavy atom. The van der Waals surface area contributed by atoms with E-state index in [2.05, 4.69) is 0 Å². The molecule has 6 heteroatoms. The first-order chi connectivity index (χ1) is 9.41. The molecule has 0 radical (unpaired) electrons. The SMILES string of the molecule is CN(Cc1ccccc1F)S(=O)(=O)c1cccc(N)c1. The van der Waals surface area contributed by atoms with Crippen molar-refractivity contribution < 1.29 is 12.8 Å². The summed E-state index contributed by atoms with van der Waals surface area (Å²) in [4.78, 5) is 0.0938. The largest absolute Gasteiger partial charge is 0.399 e. The fourth-order valence-electron chi connectivity index (χ4n) is 1.81. The van der Waals surface area contributed by atoms with Gasteiger partial charge in [-0.05, 0) is 24.3 Å². The zero-order valence-electron chi connectivity index (χ0n) is 11.0. The first kappa shape index (κ1) is 14.5. The number of hydrogen-bond donors (Lipinski definition) is 1. The minimum absolute atomic E-state index is 0.0379. The van der Waals surface area contributed by atoms with Gasteiger partial charge < -0.3 is 5.73 Å². The third-order valence-electron chi connectivity index (χ3n) is 2.92. The molecule has 0 bridgehead atoms. The van der Waals surface area contributed by atoms with Crippen LogP contribution in [0, 0.1) is 5.82 Å². The zero-order chi connectivity index (χ0) is 14.8. The molecule has 0 aliphatic rings. The zero-order valence-corrected chi connectivity index (χ0v) is 11.8. The molecule has 2 aromatic rings. The minimum atomic E-state index is -3.69. The van der Waals surface area contributed by atoms with Crippen molar-refractivity contribution in [2.24, 2.45) is 0 Å². The predicted octanol–water partition coefficient (Wildman–Crippen LogP) is 2.23. The Morgan fingerprint density at radius 2 is 1.85 bits per heavy atom. The monoisotopic (exact) mass is 294 g/mol. The first-order valence-electron chi connectivity index (χ1n) is 5.96. The maximum Gasteiger partial charge on any atom is 0.243 e. The van der Waals surface area contributed by atoms with Crippen molar-refractivity contribution in [1.82, 2.24) is 4.31 Å². The number of nitrogens with two attached hydrogens (primary N) is 1. The second-order valence-electron chi connectivity index (χ2n) is 4.42. The molecule has 0 atom stereocenters. The molecule has 106 valence electrons. The summed E-state index contributed by atoms with van der Waals surface area (Å²) in [5.74, 6) is -0.429. The lowest BCUT2D eigenvalue weighted by Crippen LogP contribution is -2.27. The van der Waals surface area contributed by atoms with E-state index in [9.17, 15) is 12.8 Å². The van der Waals surface area contributed by atoms with Crippen LogP contribution in [0.4, 0.5) is 10.1 Å². The third kappa shape index (κ3) is 2.97. The molecule has 2 aromatic carbocycles. The summed E-state index contributed by atoms with van der Waals surface area (Å²) >= 11 is 0. The van der Waals surface area contributed by atoms with Gasteiger partial charge in [0.2, 0.25) is 10.0 Å². The molecule has 0 spiro atoms. The number of rotatable bonds is 4. The standard InChI is InChI=1S/C14H15FN2O2S/c1-17(10-11-5-2-3-8-14(11)15)20(18,19)13-7-4-6-12(16)9-13/h2-9H,10,16H2,1H3. The van der Waals surface area contributed by atoms with Crippen molar-refractivity contribution >= 4 is 15.7 Å². The molecule has 0 unspecified atom stereocenters. The van der Waals surface area contributed by atoms with Gasteiger partial charge in [-0.3, -0.25) is 0 Å². The van der Waals surface area contributed by atoms with Gasteiger partial charge in [-0.25, -0.2) is 12.8 Å². The number of sulfonamides is 1. The highest BCUT2D eigenvalue weighted by Crippen LogP contribution is 2.19. The van der Waals surface area contributed by atoms with Crippen LogP contribution in [0.5, 0.6) is 0 Å². The number of anilines is 1. The van der Waals surface area contributed by atoms with Crippen molar-refractivity contribution in [3.63, 3.8) is 0 Å². The van der Waals surface area contributed by atoms with Crippen molar-refractivity contribution in [1.29, 1.82) is 0 Å². The van der Waals surface area contributed by atoms with Gasteiger partial charge in [0.05, 0.1) is 4.90 Å². The van der Waals surface area contributed by atoms with E-state index in [1.807, 2.05) is 0 Å². The average molecular weight is 294 g/mol. The van der Waals surface area contributed by atoms with Crippen LogP contribution in [0.25, 0.3) is 0 Å². The van der Waals surface area contributed by atoms with E-state index in [0.717, 1.165) is 4.31 Å². The lowest BCUT2D eigenvalue weighted by molar-refractivity contribution is 0.456. The Balaban J connectivity index is 2.29. The summed E-state index contributed by atoms with van der Waals surface area (Å²) < 4.78 is 39.4. The molecule has 0 saturated heterocycles. The highest BCUT2D eigenvalue weighted by Gasteiger charge is 2.21. The van der Waals surface area contributed by atoms with Gasteiger partial charge in [-0.1, -0.05) is 24.3 Å². The number of nitrogens with zero attached hydrogens (tertiary/aromatic N) is 1. The molecule has 20 heavy (non-hydrogen) atoms. The molecule has 0 heterocycles. The molecule has 0 amide bonds. The summed E-state index contributed by atoms with van der Waals surface area (Å²) in [6, 6.07) is 12.1. The van der Waals surface area contributed by atoms with E-state index < -0.39 is 15.8 Å². The van der Waals surface area contributed by atoms with Gasteiger partial charge >= 0.3 is 0 Å². The Hall–Kier alpha value is -1.92. The van der Waals surface area contributed by atoms with Crippen LogP contribution in [0.15, 0.2) is 53.4 Å². The van der Waals surface area contributed by atoms with Crippen LogP contribution in [0.3, 0.4) is 0 Å². The molecule has 0 aromatic heterocycles. The molecular formula is C14H15FN2O2S. The summed E-state index contributed by atoms with van der Waals surface area (Å²) in [6.07, 6.45) is 0. The minimum Gasteiger partial charge on any atom is -0.399 e. The van der Waals surface area contributed by atoms with E-state index in [-0.39, 0.29) is 11.4 Å². The van der Waals surface area contributed by atoms with Crippen molar-refractivity contribution in [2.75, 3.05) is 12.8 Å². The lowest BCUT2D eigenvalue weighted by atomic mass is 10.2. The van der Waals surface area contributed by atoms with Gasteiger partial charge in [0.25, 0.3) is 0 Å². The van der Waals surface area contributed by atoms with Crippen LogP contribution in [0.1, 0.15) is 5.56 Å². The molecule has 0 saturated carbocycles. The normalized spacial score (nSPS) is 11.8. The van der Waals surface area contributed by atoms with Crippen LogP contribution >= 0.6 is 0 Å². The fourth-order valence-corrected chi connectivity index (χ4v) is 3.01. The van der Waals surface area contributed by atoms with Gasteiger partial charge in [-0.15, -0.1) is 0 Å². The predicted molar refractivity (Wildman–Crippen MR) is 75.9 cm³/mol. The number of halogens is 1. The number of benzene rings is 2. The first-order valence-corrected chi connectivity index (χ1v) is 7.40. The van der Waals surface area contributed by atoms with Crippen molar-refractivity contribution in [3.8, 4) is 0 Å². The Morgan fingerprint density at radius 3 is 2.50 bits per heavy atom. The molecule has 0 fully saturated rings. The Kier molecular flexibility index (Phi) is 4.06. The third-order valence-corrected chi connectivity index (χ3v) is 4.72. The van der Waals surface area contributed by atoms with Crippen LogP contribution in [-0.4, -0.2) is 19.8 Å². The second-order valence-corrected chi connectivity index (χ2v) is 6.47. The maximum absolute atomic E-state index is 13.6. The highest BCUT2D eigenvalue weighted by atomic mass is 32.2. The van der Waals surface area contributed by atoms with E-state index in [4.69, 9.17) is 5.73 Å². The Labute approximate surface area is 117 Å². The number of hydrogen-bond acceptors (Lipinski definition) is 3. The van der Waals surface area contributed by atoms with E-state index >= 15 is 0 Å². The van der Waals surface area contributed by atoms with Gasteiger partial charge in [0.1, 0.15) is 5.82 Å². The summed E-state index contributed by atoms with van der Waals surface area (Å²) in [7, 11) is -2.28. The van der Waals surface area contributed by atoms with Crippen molar-refractivity contribution in [2.45, 2.75) is 11.4 Å².